The summed E-state index contributed by atoms with van der Waals surface area (Å²) < 4.78 is 11.0. The number of fused-ring (bicyclic) bond motifs is 1. The van der Waals surface area contributed by atoms with E-state index in [0.717, 1.165) is 59.7 Å². The summed E-state index contributed by atoms with van der Waals surface area (Å²) in [6.45, 7) is 5.37. The van der Waals surface area contributed by atoms with Crippen LogP contribution in [0.25, 0.3) is 11.3 Å². The summed E-state index contributed by atoms with van der Waals surface area (Å²) >= 11 is 13.5. The molecule has 1 heterocycles. The molecule has 0 spiro atoms. The lowest BCUT2D eigenvalue weighted by molar-refractivity contribution is -0.111. The predicted octanol–water partition coefficient (Wildman–Crippen LogP) is 5.80. The van der Waals surface area contributed by atoms with Crippen LogP contribution in [0, 0.1) is 0 Å². The number of hydrogen-bond acceptors (Lipinski definition) is 6. The lowest BCUT2D eigenvalue weighted by Gasteiger charge is -2.26. The molecule has 39 heavy (non-hydrogen) atoms. The first-order valence-corrected chi connectivity index (χ1v) is 13.5. The van der Waals surface area contributed by atoms with Crippen LogP contribution in [0.5, 0.6) is 11.5 Å². The third kappa shape index (κ3) is 6.03. The second-order valence-electron chi connectivity index (χ2n) is 9.94. The van der Waals surface area contributed by atoms with Crippen LogP contribution < -0.4 is 19.7 Å². The number of hydrogen-bond donors (Lipinski definition) is 2. The molecular weight excluding hydrogens is 537 g/mol. The van der Waals surface area contributed by atoms with Gasteiger partial charge in [-0.25, -0.2) is 0 Å². The van der Waals surface area contributed by atoms with Crippen LogP contribution in [-0.2, 0) is 17.6 Å². The first kappa shape index (κ1) is 28.8. The van der Waals surface area contributed by atoms with Crippen molar-refractivity contribution in [2.45, 2.75) is 25.2 Å². The summed E-state index contributed by atoms with van der Waals surface area (Å²) in [5.41, 5.74) is 6.36. The van der Waals surface area contributed by atoms with Gasteiger partial charge in [-0.3, -0.25) is 9.89 Å². The van der Waals surface area contributed by atoms with Crippen molar-refractivity contribution in [1.29, 1.82) is 0 Å². The third-order valence-corrected chi connectivity index (χ3v) is 7.97. The van der Waals surface area contributed by atoms with Gasteiger partial charge in [0.15, 0.2) is 0 Å². The Hall–Kier alpha value is -3.20. The summed E-state index contributed by atoms with van der Waals surface area (Å²) in [5.74, 6) is 0.840. The molecule has 0 radical (unpaired) electrons. The Morgan fingerprint density at radius 2 is 1.85 bits per heavy atom. The second kappa shape index (κ2) is 12.3. The van der Waals surface area contributed by atoms with Crippen LogP contribution in [0.3, 0.4) is 0 Å². The van der Waals surface area contributed by atoms with Crippen LogP contribution in [0.4, 0.5) is 11.4 Å². The van der Waals surface area contributed by atoms with Crippen LogP contribution in [0.15, 0.2) is 36.9 Å². The van der Waals surface area contributed by atoms with Gasteiger partial charge in [0.2, 0.25) is 5.91 Å². The number of carbonyl (C=O) groups excluding carboxylic acids is 1. The molecule has 1 aromatic heterocycles. The molecule has 2 aromatic carbocycles. The molecule has 0 fully saturated rings. The van der Waals surface area contributed by atoms with Gasteiger partial charge in [0.1, 0.15) is 11.5 Å². The lowest BCUT2D eigenvalue weighted by atomic mass is 9.81. The monoisotopic (exact) mass is 571 g/mol. The fraction of sp³-hybridized carbons (Fsp3) is 0.379. The van der Waals surface area contributed by atoms with Crippen LogP contribution in [0.2, 0.25) is 10.0 Å². The van der Waals surface area contributed by atoms with Gasteiger partial charge in [-0.1, -0.05) is 29.8 Å². The van der Waals surface area contributed by atoms with Gasteiger partial charge < -0.3 is 24.6 Å². The van der Waals surface area contributed by atoms with E-state index in [9.17, 15) is 4.79 Å². The van der Waals surface area contributed by atoms with Crippen LogP contribution >= 0.6 is 23.2 Å². The number of aromatic nitrogens is 2. The van der Waals surface area contributed by atoms with Gasteiger partial charge in [0, 0.05) is 54.3 Å². The minimum atomic E-state index is -0.273. The van der Waals surface area contributed by atoms with Gasteiger partial charge in [-0.05, 0) is 63.6 Å². The highest BCUT2D eigenvalue weighted by Gasteiger charge is 2.31. The summed E-state index contributed by atoms with van der Waals surface area (Å²) in [6, 6.07) is 7.72. The molecular formula is C29H35Cl2N5O3. The van der Waals surface area contributed by atoms with E-state index in [1.807, 2.05) is 12.1 Å². The number of nitrogens with one attached hydrogen (secondary N) is 2. The number of amides is 1. The Balaban J connectivity index is 1.71. The number of methoxy groups -OCH3 is 2. The number of rotatable bonds is 10. The number of anilines is 2. The normalized spacial score (nSPS) is 14.6. The Kier molecular flexibility index (Phi) is 9.10. The summed E-state index contributed by atoms with van der Waals surface area (Å²) in [5, 5.41) is 11.9. The number of nitrogens with zero attached hydrogens (tertiary/aromatic N) is 3. The maximum absolute atomic E-state index is 12.2. The van der Waals surface area contributed by atoms with Gasteiger partial charge in [0.05, 0.1) is 35.6 Å². The highest BCUT2D eigenvalue weighted by molar-refractivity contribution is 6.38. The molecule has 0 saturated heterocycles. The first-order valence-electron chi connectivity index (χ1n) is 12.8. The van der Waals surface area contributed by atoms with Crippen molar-refractivity contribution < 1.29 is 14.3 Å². The van der Waals surface area contributed by atoms with E-state index in [-0.39, 0.29) is 11.8 Å². The van der Waals surface area contributed by atoms with E-state index >= 15 is 0 Å². The molecule has 10 heteroatoms. The highest BCUT2D eigenvalue weighted by Crippen LogP contribution is 2.48. The number of benzene rings is 2. The van der Waals surface area contributed by atoms with Crippen molar-refractivity contribution in [3.8, 4) is 22.8 Å². The molecule has 0 saturated carbocycles. The van der Waals surface area contributed by atoms with Crippen molar-refractivity contribution in [3.05, 3.63) is 63.8 Å². The van der Waals surface area contributed by atoms with Gasteiger partial charge in [-0.15, -0.1) is 0 Å². The molecule has 1 amide bonds. The maximum Gasteiger partial charge on any atom is 0.247 e. The fourth-order valence-electron chi connectivity index (χ4n) is 4.98. The Bertz CT molecular complexity index is 1340. The smallest absolute Gasteiger partial charge is 0.247 e. The van der Waals surface area contributed by atoms with Crippen molar-refractivity contribution in [2.24, 2.45) is 0 Å². The fourth-order valence-corrected chi connectivity index (χ4v) is 5.79. The molecule has 4 rings (SSSR count). The summed E-state index contributed by atoms with van der Waals surface area (Å²) in [6.07, 6.45) is 3.51. The van der Waals surface area contributed by atoms with E-state index in [2.05, 4.69) is 54.0 Å². The first-order chi connectivity index (χ1) is 18.7. The Morgan fingerprint density at radius 1 is 1.15 bits per heavy atom. The standard InChI is InChI=1S/C29H35Cl2N5O3/c1-7-25(37)32-21-11-9-18(36(4)13-12-35(2)3)15-20(21)29-19-10-8-17(14-22(19)33-34-29)26-27(30)23(38-5)16-24(39-6)28(26)31/h7,9,11,15-17H,1,8,10,12-14H2,2-6H3,(H,32,37)(H,33,34)/t17-/m1/s1. The molecule has 1 aliphatic rings. The molecule has 208 valence electrons. The zero-order valence-corrected chi connectivity index (χ0v) is 24.5. The van der Waals surface area contributed by atoms with Gasteiger partial charge >= 0.3 is 0 Å². The number of likely N-dealkylation sites (N-methyl/N-ethyl adjacent to an activating group) is 2. The predicted molar refractivity (Wildman–Crippen MR) is 159 cm³/mol. The van der Waals surface area contributed by atoms with Gasteiger partial charge in [-0.2, -0.15) is 5.10 Å². The van der Waals surface area contributed by atoms with Crippen LogP contribution in [-0.4, -0.2) is 69.5 Å². The Morgan fingerprint density at radius 3 is 2.46 bits per heavy atom. The van der Waals surface area contributed by atoms with Crippen molar-refractivity contribution in [2.75, 3.05) is 58.7 Å². The van der Waals surface area contributed by atoms with E-state index in [1.54, 1.807) is 20.3 Å². The average Bonchev–Trinajstić information content (AvgIpc) is 3.35. The number of carbonyl (C=O) groups is 1. The summed E-state index contributed by atoms with van der Waals surface area (Å²) in [4.78, 5) is 16.6. The quantitative estimate of drug-likeness (QED) is 0.299. The zero-order valence-electron chi connectivity index (χ0n) is 23.0. The topological polar surface area (TPSA) is 82.7 Å². The largest absolute Gasteiger partial charge is 0.495 e. The highest BCUT2D eigenvalue weighted by atomic mass is 35.5. The van der Waals surface area contributed by atoms with Crippen LogP contribution in [0.1, 0.15) is 29.2 Å². The van der Waals surface area contributed by atoms with Gasteiger partial charge in [0.25, 0.3) is 0 Å². The molecule has 1 atom stereocenters. The number of halogens is 2. The maximum atomic E-state index is 12.2. The van der Waals surface area contributed by atoms with E-state index < -0.39 is 0 Å². The zero-order chi connectivity index (χ0) is 28.3. The number of H-pyrrole nitrogens is 1. The minimum absolute atomic E-state index is 0.0539. The molecule has 0 unspecified atom stereocenters. The SMILES string of the molecule is C=CC(=O)Nc1ccc(N(C)CCN(C)C)cc1-c1n[nH]c2c1CC[C@@H](c1c(Cl)c(OC)cc(OC)c1Cl)C2. The summed E-state index contributed by atoms with van der Waals surface area (Å²) in [7, 11) is 9.32. The lowest BCUT2D eigenvalue weighted by Crippen LogP contribution is -2.28. The number of aromatic amines is 1. The molecule has 1 aliphatic carbocycles. The number of ether oxygens (including phenoxy) is 2. The van der Waals surface area contributed by atoms with Crippen molar-refractivity contribution in [3.63, 3.8) is 0 Å². The van der Waals surface area contributed by atoms with E-state index in [0.29, 0.717) is 33.7 Å². The third-order valence-electron chi connectivity index (χ3n) is 7.19. The van der Waals surface area contributed by atoms with E-state index in [4.69, 9.17) is 37.8 Å². The molecule has 2 N–H and O–H groups in total. The Labute approximate surface area is 239 Å². The molecule has 8 nitrogen and oxygen atoms in total. The van der Waals surface area contributed by atoms with Crippen molar-refractivity contribution >= 4 is 40.5 Å². The van der Waals surface area contributed by atoms with E-state index in [1.165, 1.54) is 6.08 Å². The molecule has 0 bridgehead atoms. The van der Waals surface area contributed by atoms with Crippen molar-refractivity contribution in [1.82, 2.24) is 15.1 Å². The second-order valence-corrected chi connectivity index (χ2v) is 10.7. The molecule has 3 aromatic rings. The molecule has 0 aliphatic heterocycles. The average molecular weight is 573 g/mol. The minimum Gasteiger partial charge on any atom is -0.495 e.